The minimum absolute atomic E-state index is 0.217. The largest absolute Gasteiger partial charge is 0.469 e. The second-order valence-electron chi connectivity index (χ2n) is 17.8. The van der Waals surface area contributed by atoms with Gasteiger partial charge in [0.25, 0.3) is 0 Å². The van der Waals surface area contributed by atoms with Crippen molar-refractivity contribution in [1.82, 2.24) is 0 Å². The number of esters is 3. The average molecular weight is 869 g/mol. The molecule has 0 fully saturated rings. The number of carbonyl (C=O) groups is 3. The number of unbranched alkanes of at least 4 members (excludes halogenated alkanes) is 6. The van der Waals surface area contributed by atoms with Gasteiger partial charge in [0.1, 0.15) is 13.2 Å². The first kappa shape index (κ1) is 67.3. The third-order valence-corrected chi connectivity index (χ3v) is 9.89. The van der Waals surface area contributed by atoms with E-state index in [4.69, 9.17) is 20.1 Å². The number of hydrogen-bond acceptors (Lipinski definition) is 9. The monoisotopic (exact) mass is 869 g/mol. The molecule has 9 heteroatoms. The number of methoxy groups -OCH3 is 1. The van der Waals surface area contributed by atoms with Gasteiger partial charge in [-0.3, -0.25) is 14.4 Å². The van der Waals surface area contributed by atoms with Crippen LogP contribution in [0.2, 0.25) is 0 Å². The third kappa shape index (κ3) is 69.2. The van der Waals surface area contributed by atoms with E-state index in [1.54, 1.807) is 0 Å². The van der Waals surface area contributed by atoms with Crippen molar-refractivity contribution in [3.63, 3.8) is 0 Å². The van der Waals surface area contributed by atoms with Gasteiger partial charge in [0, 0.05) is 41.1 Å². The molecule has 0 saturated carbocycles. The molecule has 0 bridgehead atoms. The highest BCUT2D eigenvalue weighted by atomic mass is 16.5. The zero-order chi connectivity index (χ0) is 47.7. The van der Waals surface area contributed by atoms with Crippen LogP contribution in [-0.4, -0.2) is 73.9 Å². The van der Waals surface area contributed by atoms with Gasteiger partial charge in [0.05, 0.1) is 7.11 Å². The summed E-state index contributed by atoms with van der Waals surface area (Å²) < 4.78 is 13.6. The molecule has 1 rings (SSSR count). The Balaban J connectivity index is -0.000000224. The van der Waals surface area contributed by atoms with Crippen molar-refractivity contribution < 1.29 is 43.9 Å². The van der Waals surface area contributed by atoms with Gasteiger partial charge in [0.15, 0.2) is 0 Å². The Bertz CT molecular complexity index is 1070. The summed E-state index contributed by atoms with van der Waals surface area (Å²) in [6.45, 7) is 24.0. The first-order valence-electron chi connectivity index (χ1n) is 23.4. The highest BCUT2D eigenvalue weighted by Gasteiger charge is 2.18. The zero-order valence-corrected chi connectivity index (χ0v) is 42.1. The van der Waals surface area contributed by atoms with Gasteiger partial charge in [-0.15, -0.1) is 0 Å². The molecule has 0 atom stereocenters. The zero-order valence-electron chi connectivity index (χ0n) is 42.1. The number of hydrogen-bond donors (Lipinski definition) is 3. The van der Waals surface area contributed by atoms with Crippen molar-refractivity contribution >= 4 is 17.9 Å². The van der Waals surface area contributed by atoms with Crippen LogP contribution in [-0.2, 0) is 28.6 Å². The van der Waals surface area contributed by atoms with Crippen LogP contribution in [0, 0.1) is 16.2 Å². The summed E-state index contributed by atoms with van der Waals surface area (Å²) >= 11 is 0. The van der Waals surface area contributed by atoms with Gasteiger partial charge < -0.3 is 29.5 Å². The first-order chi connectivity index (χ1) is 28.8. The standard InChI is InChI=1S/C17H30O2.C14H30O2.C10H18.C7H12O2.C3H6O2.CH4O/c1-5-6-7-10-13-17(3,4)14-11-8-9-12-15-19-16(2)18;1-14(2,11-7-5-9-13-16)10-6-3-4-8-12-15;1-10(2)8-6-4-3-5-7-9-10;1-3-4-5-6-9-7(2)8;1-3(4)5-2;1-2/h6-7,9,12H,5,8,10-11,13-15H2,1-4H3;15-16H,3-13H2,1-2H3;3-4H,5-9H2,1-2H3;4-5H,3,6H2,1-2H3;1-2H3;2H,1H3/b7-6?,12-9+;;4-3-;5-4-;;. The predicted molar refractivity (Wildman–Crippen MR) is 259 cm³/mol. The van der Waals surface area contributed by atoms with E-state index in [1.165, 1.54) is 118 Å². The summed E-state index contributed by atoms with van der Waals surface area (Å²) in [5.74, 6) is -0.688. The summed E-state index contributed by atoms with van der Waals surface area (Å²) in [5.41, 5.74) is 1.47. The molecular formula is C52H100O9. The SMILES string of the molecule is CC(C)(CCCCCO)CCCCCCO.CC/C=C\COC(C)=O.CC1(C)CC/C=C\CCC1.CCC=CCCC(C)(C)CCC/C=C/COC(C)=O.CO.COC(C)=O. The molecule has 0 heterocycles. The third-order valence-electron chi connectivity index (χ3n) is 9.89. The topological polar surface area (TPSA) is 140 Å². The average Bonchev–Trinajstić information content (AvgIpc) is 3.19. The van der Waals surface area contributed by atoms with Crippen LogP contribution >= 0.6 is 0 Å². The van der Waals surface area contributed by atoms with E-state index in [1.807, 2.05) is 25.2 Å². The lowest BCUT2D eigenvalue weighted by Gasteiger charge is -2.24. The molecule has 9 nitrogen and oxygen atoms in total. The van der Waals surface area contributed by atoms with Crippen molar-refractivity contribution in [2.24, 2.45) is 16.2 Å². The summed E-state index contributed by atoms with van der Waals surface area (Å²) in [5, 5.41) is 24.4. The Morgan fingerprint density at radius 3 is 1.46 bits per heavy atom. The van der Waals surface area contributed by atoms with E-state index in [0.29, 0.717) is 42.7 Å². The molecule has 0 aliphatic heterocycles. The van der Waals surface area contributed by atoms with E-state index < -0.39 is 0 Å². The minimum Gasteiger partial charge on any atom is -0.469 e. The second kappa shape index (κ2) is 49.9. The Morgan fingerprint density at radius 1 is 0.574 bits per heavy atom. The summed E-state index contributed by atoms with van der Waals surface area (Å²) in [4.78, 5) is 30.3. The van der Waals surface area contributed by atoms with Crippen molar-refractivity contribution in [2.45, 2.75) is 211 Å². The van der Waals surface area contributed by atoms with Gasteiger partial charge in [-0.05, 0) is 119 Å². The van der Waals surface area contributed by atoms with Gasteiger partial charge >= 0.3 is 17.9 Å². The molecular weight excluding hydrogens is 769 g/mol. The molecule has 0 aromatic heterocycles. The normalized spacial score (nSPS) is 13.8. The quantitative estimate of drug-likeness (QED) is 0.0374. The molecule has 0 aromatic rings. The maximum absolute atomic E-state index is 10.5. The van der Waals surface area contributed by atoms with Crippen molar-refractivity contribution in [3.8, 4) is 0 Å². The fraction of sp³-hybridized carbons (Fsp3) is 0.788. The van der Waals surface area contributed by atoms with Crippen LogP contribution in [0.1, 0.15) is 211 Å². The first-order valence-corrected chi connectivity index (χ1v) is 23.4. The number of carbonyl (C=O) groups excluding carboxylic acids is 3. The Kier molecular flexibility index (Phi) is 55.1. The van der Waals surface area contributed by atoms with E-state index in [-0.39, 0.29) is 17.9 Å². The number of allylic oxidation sites excluding steroid dienone is 6. The molecule has 0 amide bonds. The molecule has 0 saturated heterocycles. The Labute approximate surface area is 377 Å². The lowest BCUT2D eigenvalue weighted by atomic mass is 9.81. The molecule has 3 N–H and O–H groups in total. The van der Waals surface area contributed by atoms with Gasteiger partial charge in [-0.1, -0.05) is 136 Å². The van der Waals surface area contributed by atoms with Gasteiger partial charge in [0.2, 0.25) is 0 Å². The summed E-state index contributed by atoms with van der Waals surface area (Å²) in [6.07, 6.45) is 42.4. The second-order valence-corrected chi connectivity index (χ2v) is 17.8. The lowest BCUT2D eigenvalue weighted by Crippen LogP contribution is -2.11. The van der Waals surface area contributed by atoms with Crippen LogP contribution in [0.4, 0.5) is 0 Å². The summed E-state index contributed by atoms with van der Waals surface area (Å²) in [6, 6.07) is 0. The fourth-order valence-corrected chi connectivity index (χ4v) is 5.95. The van der Waals surface area contributed by atoms with E-state index in [0.717, 1.165) is 52.1 Å². The molecule has 0 unspecified atom stereocenters. The smallest absolute Gasteiger partial charge is 0.302 e. The van der Waals surface area contributed by atoms with Crippen LogP contribution in [0.25, 0.3) is 0 Å². The van der Waals surface area contributed by atoms with Crippen LogP contribution in [0.3, 0.4) is 0 Å². The van der Waals surface area contributed by atoms with E-state index >= 15 is 0 Å². The van der Waals surface area contributed by atoms with Crippen LogP contribution < -0.4 is 0 Å². The fourth-order valence-electron chi connectivity index (χ4n) is 5.95. The molecule has 362 valence electrons. The maximum atomic E-state index is 10.5. The molecule has 0 spiro atoms. The van der Waals surface area contributed by atoms with Crippen molar-refractivity contribution in [2.75, 3.05) is 40.6 Å². The van der Waals surface area contributed by atoms with E-state index in [9.17, 15) is 14.4 Å². The van der Waals surface area contributed by atoms with Crippen LogP contribution in [0.5, 0.6) is 0 Å². The number of aliphatic hydroxyl groups excluding tert-OH is 3. The number of ether oxygens (including phenoxy) is 3. The Morgan fingerprint density at radius 2 is 0.984 bits per heavy atom. The Hall–Kier alpha value is -2.75. The number of rotatable bonds is 24. The predicted octanol–water partition coefficient (Wildman–Crippen LogP) is 13.4. The molecule has 61 heavy (non-hydrogen) atoms. The lowest BCUT2D eigenvalue weighted by molar-refractivity contribution is -0.140. The highest BCUT2D eigenvalue weighted by Crippen LogP contribution is 2.31. The van der Waals surface area contributed by atoms with Gasteiger partial charge in [-0.2, -0.15) is 0 Å². The van der Waals surface area contributed by atoms with Gasteiger partial charge in [-0.25, -0.2) is 0 Å². The van der Waals surface area contributed by atoms with Crippen molar-refractivity contribution in [1.29, 1.82) is 0 Å². The maximum Gasteiger partial charge on any atom is 0.302 e. The van der Waals surface area contributed by atoms with Crippen molar-refractivity contribution in [3.05, 3.63) is 48.6 Å². The minimum atomic E-state index is -0.245. The molecule has 1 aliphatic carbocycles. The highest BCUT2D eigenvalue weighted by molar-refractivity contribution is 5.66. The summed E-state index contributed by atoms with van der Waals surface area (Å²) in [7, 11) is 2.35. The number of aliphatic hydroxyl groups is 3. The molecule has 0 aromatic carbocycles. The molecule has 1 aliphatic rings. The van der Waals surface area contributed by atoms with E-state index in [2.05, 4.69) is 88.3 Å². The van der Waals surface area contributed by atoms with Crippen LogP contribution in [0.15, 0.2) is 48.6 Å². The molecule has 0 radical (unpaired) electrons.